The van der Waals surface area contributed by atoms with E-state index >= 15 is 0 Å². The Balaban J connectivity index is 1.97. The number of nitrogens with zero attached hydrogens (tertiary/aromatic N) is 1. The Morgan fingerprint density at radius 1 is 1.17 bits per heavy atom. The van der Waals surface area contributed by atoms with Crippen molar-refractivity contribution >= 4 is 0 Å². The van der Waals surface area contributed by atoms with Gasteiger partial charge in [0, 0.05) is 6.54 Å². The topological polar surface area (TPSA) is 27.3 Å². The largest absolute Gasteiger partial charge is 0.303 e. The molecule has 0 aromatic rings. The summed E-state index contributed by atoms with van der Waals surface area (Å²) in [5.41, 5.74) is 0.255. The molecule has 2 aliphatic heterocycles. The van der Waals surface area contributed by atoms with Crippen LogP contribution in [0.25, 0.3) is 0 Å². The zero-order valence-electron chi connectivity index (χ0n) is 7.90. The van der Waals surface area contributed by atoms with Crippen molar-refractivity contribution < 1.29 is 0 Å². The lowest BCUT2D eigenvalue weighted by Crippen LogP contribution is -2.67. The SMILES string of the molecule is CN1CCCC2(C1)NCCCN2. The second-order valence-corrected chi connectivity index (χ2v) is 4.13. The van der Waals surface area contributed by atoms with E-state index in [1.54, 1.807) is 0 Å². The lowest BCUT2D eigenvalue weighted by atomic mass is 9.96. The van der Waals surface area contributed by atoms with Gasteiger partial charge in [-0.1, -0.05) is 0 Å². The lowest BCUT2D eigenvalue weighted by Gasteiger charge is -2.45. The summed E-state index contributed by atoms with van der Waals surface area (Å²) in [5, 5.41) is 7.22. The molecule has 70 valence electrons. The van der Waals surface area contributed by atoms with Crippen molar-refractivity contribution in [1.82, 2.24) is 15.5 Å². The first-order valence-electron chi connectivity index (χ1n) is 4.99. The highest BCUT2D eigenvalue weighted by molar-refractivity contribution is 4.93. The van der Waals surface area contributed by atoms with Gasteiger partial charge in [0.05, 0.1) is 5.66 Å². The normalized spacial score (nSPS) is 30.8. The Kier molecular flexibility index (Phi) is 2.35. The van der Waals surface area contributed by atoms with Crippen LogP contribution in [0, 0.1) is 0 Å². The van der Waals surface area contributed by atoms with E-state index in [9.17, 15) is 0 Å². The van der Waals surface area contributed by atoms with Gasteiger partial charge in [-0.05, 0) is 45.9 Å². The van der Waals surface area contributed by atoms with Gasteiger partial charge in [-0.15, -0.1) is 0 Å². The maximum Gasteiger partial charge on any atom is 0.0818 e. The van der Waals surface area contributed by atoms with Crippen LogP contribution >= 0.6 is 0 Å². The Morgan fingerprint density at radius 2 is 1.92 bits per heavy atom. The van der Waals surface area contributed by atoms with Crippen molar-refractivity contribution in [3.8, 4) is 0 Å². The van der Waals surface area contributed by atoms with Crippen LogP contribution in [0.1, 0.15) is 19.3 Å². The second kappa shape index (κ2) is 3.32. The van der Waals surface area contributed by atoms with Crippen LogP contribution in [0.3, 0.4) is 0 Å². The van der Waals surface area contributed by atoms with Gasteiger partial charge in [-0.3, -0.25) is 10.6 Å². The van der Waals surface area contributed by atoms with Gasteiger partial charge < -0.3 is 4.90 Å². The summed E-state index contributed by atoms with van der Waals surface area (Å²) < 4.78 is 0. The minimum Gasteiger partial charge on any atom is -0.303 e. The highest BCUT2D eigenvalue weighted by Gasteiger charge is 2.34. The third kappa shape index (κ3) is 1.63. The Hall–Kier alpha value is -0.120. The molecule has 2 heterocycles. The van der Waals surface area contributed by atoms with E-state index in [1.165, 1.54) is 38.9 Å². The fraction of sp³-hybridized carbons (Fsp3) is 1.00. The minimum absolute atomic E-state index is 0.255. The van der Waals surface area contributed by atoms with E-state index in [0.717, 1.165) is 6.54 Å². The van der Waals surface area contributed by atoms with Gasteiger partial charge in [-0.2, -0.15) is 0 Å². The summed E-state index contributed by atoms with van der Waals surface area (Å²) in [4.78, 5) is 2.41. The van der Waals surface area contributed by atoms with Gasteiger partial charge in [0.25, 0.3) is 0 Å². The van der Waals surface area contributed by atoms with Crippen LogP contribution in [0.2, 0.25) is 0 Å². The lowest BCUT2D eigenvalue weighted by molar-refractivity contribution is 0.0981. The molecule has 0 aliphatic carbocycles. The molecule has 0 aromatic heterocycles. The Morgan fingerprint density at radius 3 is 2.58 bits per heavy atom. The molecular weight excluding hydrogens is 150 g/mol. The monoisotopic (exact) mass is 169 g/mol. The molecule has 2 fully saturated rings. The van der Waals surface area contributed by atoms with Crippen LogP contribution in [0.4, 0.5) is 0 Å². The van der Waals surface area contributed by atoms with Gasteiger partial charge in [0.1, 0.15) is 0 Å². The Bertz CT molecular complexity index is 146. The van der Waals surface area contributed by atoms with Crippen molar-refractivity contribution in [1.29, 1.82) is 0 Å². The van der Waals surface area contributed by atoms with E-state index in [0.29, 0.717) is 0 Å². The van der Waals surface area contributed by atoms with Crippen LogP contribution in [0.5, 0.6) is 0 Å². The number of likely N-dealkylation sites (N-methyl/N-ethyl adjacent to an activating group) is 1. The molecule has 0 unspecified atom stereocenters. The molecule has 3 heteroatoms. The van der Waals surface area contributed by atoms with E-state index in [-0.39, 0.29) is 5.66 Å². The summed E-state index contributed by atoms with van der Waals surface area (Å²) in [5.74, 6) is 0. The number of piperidine rings is 1. The van der Waals surface area contributed by atoms with Crippen LogP contribution in [0.15, 0.2) is 0 Å². The first-order chi connectivity index (χ1) is 5.81. The summed E-state index contributed by atoms with van der Waals surface area (Å²) in [6.07, 6.45) is 3.87. The van der Waals surface area contributed by atoms with E-state index in [1.807, 2.05) is 0 Å². The highest BCUT2D eigenvalue weighted by atomic mass is 15.3. The first kappa shape index (κ1) is 8.48. The number of nitrogens with one attached hydrogen (secondary N) is 2. The van der Waals surface area contributed by atoms with Crippen molar-refractivity contribution in [2.24, 2.45) is 0 Å². The summed E-state index contributed by atoms with van der Waals surface area (Å²) in [6, 6.07) is 0. The van der Waals surface area contributed by atoms with E-state index in [2.05, 4.69) is 22.6 Å². The molecule has 2 saturated heterocycles. The minimum atomic E-state index is 0.255. The van der Waals surface area contributed by atoms with Crippen LogP contribution in [-0.2, 0) is 0 Å². The molecule has 1 spiro atoms. The first-order valence-corrected chi connectivity index (χ1v) is 4.99. The molecule has 2 aliphatic rings. The molecule has 12 heavy (non-hydrogen) atoms. The molecule has 0 radical (unpaired) electrons. The van der Waals surface area contributed by atoms with E-state index < -0.39 is 0 Å². The smallest absolute Gasteiger partial charge is 0.0818 e. The Labute approximate surface area is 74.5 Å². The molecule has 0 bridgehead atoms. The number of hydrogen-bond donors (Lipinski definition) is 2. The van der Waals surface area contributed by atoms with Crippen molar-refractivity contribution in [2.45, 2.75) is 24.9 Å². The maximum absolute atomic E-state index is 3.61. The molecule has 3 nitrogen and oxygen atoms in total. The maximum atomic E-state index is 3.61. The van der Waals surface area contributed by atoms with Crippen LogP contribution < -0.4 is 10.6 Å². The fourth-order valence-electron chi connectivity index (χ4n) is 2.36. The van der Waals surface area contributed by atoms with E-state index in [4.69, 9.17) is 0 Å². The fourth-order valence-corrected chi connectivity index (χ4v) is 2.36. The standard InChI is InChI=1S/C9H19N3/c1-12-7-2-4-9(8-12)10-5-3-6-11-9/h10-11H,2-8H2,1H3. The second-order valence-electron chi connectivity index (χ2n) is 4.13. The quantitative estimate of drug-likeness (QED) is 0.534. The van der Waals surface area contributed by atoms with Crippen molar-refractivity contribution in [2.75, 3.05) is 33.2 Å². The zero-order valence-corrected chi connectivity index (χ0v) is 7.90. The average molecular weight is 169 g/mol. The number of rotatable bonds is 0. The predicted octanol–water partition coefficient (Wildman–Crippen LogP) is -0.00880. The molecular formula is C9H19N3. The summed E-state index contributed by atoms with van der Waals surface area (Å²) in [7, 11) is 2.21. The predicted molar refractivity (Wildman–Crippen MR) is 50.1 cm³/mol. The average Bonchev–Trinajstić information content (AvgIpc) is 2.05. The summed E-state index contributed by atoms with van der Waals surface area (Å²) in [6.45, 7) is 4.78. The number of hydrogen-bond acceptors (Lipinski definition) is 3. The van der Waals surface area contributed by atoms with Gasteiger partial charge >= 0.3 is 0 Å². The molecule has 0 aromatic carbocycles. The van der Waals surface area contributed by atoms with Crippen molar-refractivity contribution in [3.05, 3.63) is 0 Å². The molecule has 0 amide bonds. The van der Waals surface area contributed by atoms with Crippen LogP contribution in [-0.4, -0.2) is 43.8 Å². The number of likely N-dealkylation sites (tertiary alicyclic amines) is 1. The molecule has 2 N–H and O–H groups in total. The van der Waals surface area contributed by atoms with Gasteiger partial charge in [0.15, 0.2) is 0 Å². The zero-order chi connectivity index (χ0) is 8.44. The molecule has 0 saturated carbocycles. The van der Waals surface area contributed by atoms with Gasteiger partial charge in [0.2, 0.25) is 0 Å². The summed E-state index contributed by atoms with van der Waals surface area (Å²) >= 11 is 0. The van der Waals surface area contributed by atoms with Gasteiger partial charge in [-0.25, -0.2) is 0 Å². The third-order valence-electron chi connectivity index (χ3n) is 2.96. The van der Waals surface area contributed by atoms with Crippen molar-refractivity contribution in [3.63, 3.8) is 0 Å². The molecule has 2 rings (SSSR count). The highest BCUT2D eigenvalue weighted by Crippen LogP contribution is 2.19. The molecule has 0 atom stereocenters. The third-order valence-corrected chi connectivity index (χ3v) is 2.96.